The molecule has 0 bridgehead atoms. The maximum atomic E-state index is 12.7. The van der Waals surface area contributed by atoms with Crippen LogP contribution in [0.3, 0.4) is 0 Å². The molecule has 0 N–H and O–H groups in total. The SMILES string of the molecule is Cc1sc(Br)cc1S(=O)(=O)N(C)C1CCC(C)(C)CC1. The number of nitrogens with zero attached hydrogens (tertiary/aromatic N) is 1. The molecule has 1 aliphatic carbocycles. The van der Waals surface area contributed by atoms with Crippen molar-refractivity contribution >= 4 is 37.3 Å². The Balaban J connectivity index is 2.20. The summed E-state index contributed by atoms with van der Waals surface area (Å²) in [6, 6.07) is 1.85. The standard InChI is InChI=1S/C14H22BrNO2S2/c1-10-12(9-13(15)19-10)20(17,18)16(4)11-5-7-14(2,3)8-6-11/h9,11H,5-8H2,1-4H3. The van der Waals surface area contributed by atoms with E-state index in [1.165, 1.54) is 11.3 Å². The Kier molecular flexibility index (Phi) is 4.70. The number of aryl methyl sites for hydroxylation is 1. The molecule has 1 saturated carbocycles. The summed E-state index contributed by atoms with van der Waals surface area (Å²) in [5.41, 5.74) is 0.350. The Hall–Kier alpha value is 0.0900. The molecule has 0 aliphatic heterocycles. The Morgan fingerprint density at radius 2 is 1.90 bits per heavy atom. The van der Waals surface area contributed by atoms with Crippen molar-refractivity contribution in [2.45, 2.75) is 57.4 Å². The average Bonchev–Trinajstić information content (AvgIpc) is 2.68. The summed E-state index contributed by atoms with van der Waals surface area (Å²) < 4.78 is 27.9. The molecule has 1 heterocycles. The summed E-state index contributed by atoms with van der Waals surface area (Å²) in [6.07, 6.45) is 4.08. The molecule has 1 aromatic rings. The molecule has 3 nitrogen and oxygen atoms in total. The van der Waals surface area contributed by atoms with Crippen LogP contribution in [0.4, 0.5) is 0 Å². The van der Waals surface area contributed by atoms with E-state index in [4.69, 9.17) is 0 Å². The zero-order valence-corrected chi connectivity index (χ0v) is 15.7. The molecule has 0 spiro atoms. The van der Waals surface area contributed by atoms with Crippen LogP contribution in [-0.2, 0) is 10.0 Å². The van der Waals surface area contributed by atoms with Crippen molar-refractivity contribution in [1.29, 1.82) is 0 Å². The lowest BCUT2D eigenvalue weighted by Crippen LogP contribution is -2.40. The van der Waals surface area contributed by atoms with Crippen molar-refractivity contribution in [3.63, 3.8) is 0 Å². The maximum absolute atomic E-state index is 12.7. The lowest BCUT2D eigenvalue weighted by Gasteiger charge is -2.38. The Bertz CT molecular complexity index is 582. The van der Waals surface area contributed by atoms with Gasteiger partial charge in [0, 0.05) is 18.0 Å². The lowest BCUT2D eigenvalue weighted by atomic mass is 9.76. The molecule has 20 heavy (non-hydrogen) atoms. The molecule has 114 valence electrons. The molecule has 1 fully saturated rings. The second kappa shape index (κ2) is 5.71. The van der Waals surface area contributed by atoms with E-state index in [1.807, 2.05) is 6.92 Å². The molecule has 0 unspecified atom stereocenters. The van der Waals surface area contributed by atoms with Gasteiger partial charge in [0.1, 0.15) is 0 Å². The highest BCUT2D eigenvalue weighted by Gasteiger charge is 2.35. The maximum Gasteiger partial charge on any atom is 0.244 e. The summed E-state index contributed by atoms with van der Waals surface area (Å²) in [6.45, 7) is 6.38. The quantitative estimate of drug-likeness (QED) is 0.779. The number of halogens is 1. The first-order valence-electron chi connectivity index (χ1n) is 6.87. The minimum atomic E-state index is -3.37. The first-order chi connectivity index (χ1) is 9.13. The Labute approximate surface area is 134 Å². The van der Waals surface area contributed by atoms with Crippen LogP contribution in [0.5, 0.6) is 0 Å². The molecular weight excluding hydrogens is 358 g/mol. The van der Waals surface area contributed by atoms with Gasteiger partial charge in [-0.05, 0) is 60.0 Å². The summed E-state index contributed by atoms with van der Waals surface area (Å²) in [5.74, 6) is 0. The third kappa shape index (κ3) is 3.29. The molecule has 0 radical (unpaired) electrons. The molecular formula is C14H22BrNO2S2. The number of rotatable bonds is 3. The van der Waals surface area contributed by atoms with E-state index in [2.05, 4.69) is 29.8 Å². The van der Waals surface area contributed by atoms with Gasteiger partial charge in [-0.3, -0.25) is 0 Å². The highest BCUT2D eigenvalue weighted by Crippen LogP contribution is 2.39. The summed E-state index contributed by atoms with van der Waals surface area (Å²) in [7, 11) is -1.65. The van der Waals surface area contributed by atoms with Gasteiger partial charge in [-0.2, -0.15) is 4.31 Å². The van der Waals surface area contributed by atoms with Crippen LogP contribution in [0.25, 0.3) is 0 Å². The molecule has 0 aromatic carbocycles. The van der Waals surface area contributed by atoms with E-state index in [1.54, 1.807) is 17.4 Å². The smallest absolute Gasteiger partial charge is 0.207 e. The van der Waals surface area contributed by atoms with E-state index in [0.717, 1.165) is 34.3 Å². The Morgan fingerprint density at radius 3 is 2.35 bits per heavy atom. The fraction of sp³-hybridized carbons (Fsp3) is 0.714. The van der Waals surface area contributed by atoms with Crippen LogP contribution in [0.1, 0.15) is 44.4 Å². The Morgan fingerprint density at radius 1 is 1.35 bits per heavy atom. The van der Waals surface area contributed by atoms with E-state index in [0.29, 0.717) is 10.3 Å². The predicted molar refractivity (Wildman–Crippen MR) is 87.7 cm³/mol. The summed E-state index contributed by atoms with van der Waals surface area (Å²) in [4.78, 5) is 1.29. The van der Waals surface area contributed by atoms with Crippen molar-refractivity contribution in [2.24, 2.45) is 5.41 Å². The lowest BCUT2D eigenvalue weighted by molar-refractivity contribution is 0.174. The van der Waals surface area contributed by atoms with Gasteiger partial charge in [0.05, 0.1) is 8.68 Å². The van der Waals surface area contributed by atoms with Crippen molar-refractivity contribution < 1.29 is 8.42 Å². The van der Waals surface area contributed by atoms with Crippen molar-refractivity contribution in [2.75, 3.05) is 7.05 Å². The molecule has 1 aliphatic rings. The van der Waals surface area contributed by atoms with Gasteiger partial charge in [-0.25, -0.2) is 8.42 Å². The number of hydrogen-bond donors (Lipinski definition) is 0. The molecule has 2 rings (SSSR count). The first-order valence-corrected chi connectivity index (χ1v) is 9.92. The number of sulfonamides is 1. The summed E-state index contributed by atoms with van der Waals surface area (Å²) >= 11 is 4.84. The highest BCUT2D eigenvalue weighted by molar-refractivity contribution is 9.11. The monoisotopic (exact) mass is 379 g/mol. The molecule has 1 aromatic heterocycles. The minimum Gasteiger partial charge on any atom is -0.207 e. The van der Waals surface area contributed by atoms with E-state index < -0.39 is 10.0 Å². The van der Waals surface area contributed by atoms with Crippen LogP contribution in [0.2, 0.25) is 0 Å². The molecule has 0 amide bonds. The van der Waals surface area contributed by atoms with Crippen LogP contribution in [0, 0.1) is 12.3 Å². The van der Waals surface area contributed by atoms with Gasteiger partial charge in [-0.1, -0.05) is 13.8 Å². The van der Waals surface area contributed by atoms with Crippen molar-refractivity contribution in [3.8, 4) is 0 Å². The van der Waals surface area contributed by atoms with Gasteiger partial charge in [0.25, 0.3) is 0 Å². The highest BCUT2D eigenvalue weighted by atomic mass is 79.9. The summed E-state index contributed by atoms with van der Waals surface area (Å²) in [5, 5.41) is 0. The molecule has 0 atom stereocenters. The second-order valence-corrected chi connectivity index (χ2v) is 11.0. The zero-order valence-electron chi connectivity index (χ0n) is 12.4. The van der Waals surface area contributed by atoms with Gasteiger partial charge in [-0.15, -0.1) is 11.3 Å². The predicted octanol–water partition coefficient (Wildman–Crippen LogP) is 4.41. The zero-order chi connectivity index (χ0) is 15.1. The van der Waals surface area contributed by atoms with Gasteiger partial charge >= 0.3 is 0 Å². The first kappa shape index (κ1) is 16.5. The fourth-order valence-electron chi connectivity index (χ4n) is 2.79. The van der Waals surface area contributed by atoms with E-state index in [-0.39, 0.29) is 6.04 Å². The third-order valence-corrected chi connectivity index (χ3v) is 8.04. The van der Waals surface area contributed by atoms with E-state index in [9.17, 15) is 8.42 Å². The number of hydrogen-bond acceptors (Lipinski definition) is 3. The minimum absolute atomic E-state index is 0.131. The van der Waals surface area contributed by atoms with E-state index >= 15 is 0 Å². The second-order valence-electron chi connectivity index (χ2n) is 6.39. The van der Waals surface area contributed by atoms with Crippen LogP contribution in [-0.4, -0.2) is 25.8 Å². The average molecular weight is 380 g/mol. The van der Waals surface area contributed by atoms with Crippen LogP contribution >= 0.6 is 27.3 Å². The van der Waals surface area contributed by atoms with Crippen LogP contribution in [0.15, 0.2) is 14.7 Å². The van der Waals surface area contributed by atoms with Crippen LogP contribution < -0.4 is 0 Å². The van der Waals surface area contributed by atoms with Crippen molar-refractivity contribution in [1.82, 2.24) is 4.31 Å². The van der Waals surface area contributed by atoms with Gasteiger partial charge in [0.2, 0.25) is 10.0 Å². The largest absolute Gasteiger partial charge is 0.244 e. The normalized spacial score (nSPS) is 20.5. The topological polar surface area (TPSA) is 37.4 Å². The van der Waals surface area contributed by atoms with Gasteiger partial charge < -0.3 is 0 Å². The third-order valence-electron chi connectivity index (χ3n) is 4.32. The van der Waals surface area contributed by atoms with Gasteiger partial charge in [0.15, 0.2) is 0 Å². The molecule has 6 heteroatoms. The number of thiophene rings is 1. The molecule has 0 saturated heterocycles. The fourth-order valence-corrected chi connectivity index (χ4v) is 6.58. The van der Waals surface area contributed by atoms with Crippen molar-refractivity contribution in [3.05, 3.63) is 14.7 Å².